The van der Waals surface area contributed by atoms with Crippen LogP contribution in [0.4, 0.5) is 5.69 Å². The fourth-order valence-corrected chi connectivity index (χ4v) is 2.93. The third-order valence-electron chi connectivity index (χ3n) is 3.91. The largest absolute Gasteiger partial charge is 0.478 e. The van der Waals surface area contributed by atoms with Crippen molar-refractivity contribution in [1.29, 1.82) is 0 Å². The van der Waals surface area contributed by atoms with E-state index in [0.29, 0.717) is 23.4 Å². The highest BCUT2D eigenvalue weighted by molar-refractivity contribution is 7.98. The summed E-state index contributed by atoms with van der Waals surface area (Å²) in [6.45, 7) is 1.90. The molecule has 0 fully saturated rings. The second-order valence-corrected chi connectivity index (χ2v) is 7.03. The first-order valence-electron chi connectivity index (χ1n) is 8.41. The van der Waals surface area contributed by atoms with Gasteiger partial charge in [0.1, 0.15) is 6.04 Å². The number of hydrogen-bond acceptors (Lipinski definition) is 4. The van der Waals surface area contributed by atoms with Crippen molar-refractivity contribution in [2.45, 2.75) is 19.4 Å². The number of carboxylic acid groups (broad SMARTS) is 1. The lowest BCUT2D eigenvalue weighted by Crippen LogP contribution is -2.44. The van der Waals surface area contributed by atoms with E-state index in [2.05, 4.69) is 10.6 Å². The second-order valence-electron chi connectivity index (χ2n) is 6.05. The van der Waals surface area contributed by atoms with E-state index in [1.165, 1.54) is 24.3 Å². The van der Waals surface area contributed by atoms with Crippen LogP contribution in [0.25, 0.3) is 0 Å². The number of aromatic carboxylic acids is 1. The number of amides is 2. The Bertz CT molecular complexity index is 821. The van der Waals surface area contributed by atoms with Crippen LogP contribution in [-0.4, -0.2) is 40.9 Å². The maximum atomic E-state index is 12.6. The minimum Gasteiger partial charge on any atom is -0.478 e. The number of benzene rings is 2. The number of carbonyl (C=O) groups is 3. The minimum atomic E-state index is -1.03. The Morgan fingerprint density at radius 1 is 1.07 bits per heavy atom. The van der Waals surface area contributed by atoms with Gasteiger partial charge in [0.05, 0.1) is 5.56 Å². The van der Waals surface area contributed by atoms with Crippen molar-refractivity contribution >= 4 is 35.2 Å². The first-order chi connectivity index (χ1) is 12.9. The first-order valence-corrected chi connectivity index (χ1v) is 9.81. The molecule has 6 nitrogen and oxygen atoms in total. The number of carbonyl (C=O) groups excluding carboxylic acids is 2. The molecule has 0 aliphatic rings. The van der Waals surface area contributed by atoms with E-state index in [1.807, 2.05) is 19.2 Å². The summed E-state index contributed by atoms with van der Waals surface area (Å²) < 4.78 is 0. The molecular weight excluding hydrogens is 364 g/mol. The lowest BCUT2D eigenvalue weighted by atomic mass is 10.1. The zero-order chi connectivity index (χ0) is 19.8. The summed E-state index contributed by atoms with van der Waals surface area (Å²) >= 11 is 1.59. The average molecular weight is 386 g/mol. The van der Waals surface area contributed by atoms with Crippen LogP contribution >= 0.6 is 11.8 Å². The molecule has 0 aliphatic carbocycles. The molecular formula is C20H22N2O4S. The molecule has 7 heteroatoms. The molecule has 2 rings (SSSR count). The number of nitrogens with one attached hydrogen (secondary N) is 2. The quantitative estimate of drug-likeness (QED) is 0.648. The van der Waals surface area contributed by atoms with Gasteiger partial charge in [-0.25, -0.2) is 4.79 Å². The Kier molecular flexibility index (Phi) is 7.43. The second kappa shape index (κ2) is 9.78. The van der Waals surface area contributed by atoms with Crippen molar-refractivity contribution in [3.63, 3.8) is 0 Å². The van der Waals surface area contributed by atoms with E-state index in [1.54, 1.807) is 30.0 Å². The van der Waals surface area contributed by atoms with Gasteiger partial charge in [0.15, 0.2) is 0 Å². The van der Waals surface area contributed by atoms with E-state index in [-0.39, 0.29) is 17.4 Å². The van der Waals surface area contributed by atoms with Crippen molar-refractivity contribution in [3.05, 3.63) is 65.2 Å². The molecule has 0 saturated carbocycles. The van der Waals surface area contributed by atoms with Crippen molar-refractivity contribution in [3.8, 4) is 0 Å². The highest BCUT2D eigenvalue weighted by atomic mass is 32.2. The van der Waals surface area contributed by atoms with Crippen molar-refractivity contribution in [1.82, 2.24) is 5.32 Å². The summed E-state index contributed by atoms with van der Waals surface area (Å²) in [5, 5.41) is 14.4. The normalized spacial score (nSPS) is 11.5. The Balaban J connectivity index is 2.08. The van der Waals surface area contributed by atoms with Gasteiger partial charge in [-0.15, -0.1) is 0 Å². The van der Waals surface area contributed by atoms with Gasteiger partial charge in [0.2, 0.25) is 5.91 Å². The summed E-state index contributed by atoms with van der Waals surface area (Å²) in [7, 11) is 0. The molecule has 142 valence electrons. The Morgan fingerprint density at radius 3 is 2.37 bits per heavy atom. The van der Waals surface area contributed by atoms with Crippen LogP contribution in [-0.2, 0) is 4.79 Å². The van der Waals surface area contributed by atoms with Gasteiger partial charge in [0.25, 0.3) is 5.91 Å². The fourth-order valence-electron chi connectivity index (χ4n) is 2.46. The molecule has 0 spiro atoms. The highest BCUT2D eigenvalue weighted by Crippen LogP contribution is 2.12. The molecule has 1 unspecified atom stereocenters. The summed E-state index contributed by atoms with van der Waals surface area (Å²) in [6.07, 6.45) is 2.42. The van der Waals surface area contributed by atoms with Crippen LogP contribution in [0.3, 0.4) is 0 Å². The number of aryl methyl sites for hydroxylation is 1. The van der Waals surface area contributed by atoms with Gasteiger partial charge < -0.3 is 15.7 Å². The molecule has 2 amide bonds. The number of anilines is 1. The van der Waals surface area contributed by atoms with Crippen LogP contribution < -0.4 is 10.6 Å². The lowest BCUT2D eigenvalue weighted by molar-refractivity contribution is -0.118. The summed E-state index contributed by atoms with van der Waals surface area (Å²) in [4.78, 5) is 36.0. The number of rotatable bonds is 8. The summed E-state index contributed by atoms with van der Waals surface area (Å²) in [5.74, 6) is -0.963. The standard InChI is InChI=1S/C20H22N2O4S/c1-13-4-3-5-15(12-13)18(23)22-17(10-11-27-2)19(24)21-16-8-6-14(7-9-16)20(25)26/h3-9,12,17H,10-11H2,1-2H3,(H,21,24)(H,22,23)(H,25,26). The molecule has 0 radical (unpaired) electrons. The predicted molar refractivity (Wildman–Crippen MR) is 107 cm³/mol. The Labute approximate surface area is 162 Å². The maximum absolute atomic E-state index is 12.6. The van der Waals surface area contributed by atoms with E-state index < -0.39 is 12.0 Å². The van der Waals surface area contributed by atoms with Crippen molar-refractivity contribution < 1.29 is 19.5 Å². The van der Waals surface area contributed by atoms with E-state index in [0.717, 1.165) is 5.56 Å². The number of hydrogen-bond donors (Lipinski definition) is 3. The van der Waals surface area contributed by atoms with Crippen LogP contribution in [0.2, 0.25) is 0 Å². The van der Waals surface area contributed by atoms with Gasteiger partial charge in [-0.2, -0.15) is 11.8 Å². The lowest BCUT2D eigenvalue weighted by Gasteiger charge is -2.18. The molecule has 0 bridgehead atoms. The van der Waals surface area contributed by atoms with Crippen LogP contribution in [0.5, 0.6) is 0 Å². The zero-order valence-electron chi connectivity index (χ0n) is 15.2. The molecule has 27 heavy (non-hydrogen) atoms. The molecule has 2 aromatic carbocycles. The topological polar surface area (TPSA) is 95.5 Å². The van der Waals surface area contributed by atoms with Gasteiger partial charge in [-0.3, -0.25) is 9.59 Å². The average Bonchev–Trinajstić information content (AvgIpc) is 2.65. The predicted octanol–water partition coefficient (Wildman–Crippen LogP) is 3.18. The molecule has 0 heterocycles. The monoisotopic (exact) mass is 386 g/mol. The van der Waals surface area contributed by atoms with E-state index in [9.17, 15) is 14.4 Å². The van der Waals surface area contributed by atoms with E-state index in [4.69, 9.17) is 5.11 Å². The molecule has 1 atom stereocenters. The van der Waals surface area contributed by atoms with Gasteiger partial charge in [-0.05, 0) is 61.8 Å². The van der Waals surface area contributed by atoms with E-state index >= 15 is 0 Å². The molecule has 0 aromatic heterocycles. The van der Waals surface area contributed by atoms with Gasteiger partial charge in [-0.1, -0.05) is 17.7 Å². The SMILES string of the molecule is CSCCC(NC(=O)c1cccc(C)c1)C(=O)Nc1ccc(C(=O)O)cc1. The maximum Gasteiger partial charge on any atom is 0.335 e. The highest BCUT2D eigenvalue weighted by Gasteiger charge is 2.21. The first kappa shape index (κ1) is 20.5. The number of thioether (sulfide) groups is 1. The third-order valence-corrected chi connectivity index (χ3v) is 4.56. The van der Waals surface area contributed by atoms with Crippen molar-refractivity contribution in [2.24, 2.45) is 0 Å². The fraction of sp³-hybridized carbons (Fsp3) is 0.250. The van der Waals surface area contributed by atoms with Crippen molar-refractivity contribution in [2.75, 3.05) is 17.3 Å². The minimum absolute atomic E-state index is 0.139. The van der Waals surface area contributed by atoms with Crippen LogP contribution in [0.15, 0.2) is 48.5 Å². The Hall–Kier alpha value is -2.80. The van der Waals surface area contributed by atoms with Crippen LogP contribution in [0.1, 0.15) is 32.7 Å². The smallest absolute Gasteiger partial charge is 0.335 e. The summed E-state index contributed by atoms with van der Waals surface area (Å²) in [6, 6.07) is 12.4. The molecule has 0 saturated heterocycles. The molecule has 0 aliphatic heterocycles. The molecule has 2 aromatic rings. The number of carboxylic acids is 1. The third kappa shape index (κ3) is 6.14. The Morgan fingerprint density at radius 2 is 1.78 bits per heavy atom. The summed E-state index contributed by atoms with van der Waals surface area (Å²) in [5.41, 5.74) is 2.08. The van der Waals surface area contributed by atoms with Gasteiger partial charge >= 0.3 is 5.97 Å². The van der Waals surface area contributed by atoms with Gasteiger partial charge in [0, 0.05) is 11.3 Å². The van der Waals surface area contributed by atoms with Crippen LogP contribution in [0, 0.1) is 6.92 Å². The zero-order valence-corrected chi connectivity index (χ0v) is 16.0. The molecule has 3 N–H and O–H groups in total.